The highest BCUT2D eigenvalue weighted by Crippen LogP contribution is 2.35. The molecule has 1 saturated heterocycles. The van der Waals surface area contributed by atoms with Crippen LogP contribution in [0.25, 0.3) is 45.0 Å². The zero-order chi connectivity index (χ0) is 28.7. The number of halogens is 2. The number of thiophene rings is 1. The highest BCUT2D eigenvalue weighted by atomic mass is 32.1. The van der Waals surface area contributed by atoms with Gasteiger partial charge in [-0.15, -0.1) is 11.3 Å². The van der Waals surface area contributed by atoms with Crippen molar-refractivity contribution in [1.82, 2.24) is 35.0 Å². The largest absolute Gasteiger partial charge is 0.340 e. The minimum absolute atomic E-state index is 0.108. The molecule has 41 heavy (non-hydrogen) atoms. The van der Waals surface area contributed by atoms with E-state index >= 15 is 0 Å². The van der Waals surface area contributed by atoms with Gasteiger partial charge in [-0.2, -0.15) is 5.10 Å². The Labute approximate surface area is 240 Å². The average Bonchev–Trinajstić information content (AvgIpc) is 3.73. The van der Waals surface area contributed by atoms with E-state index in [0.717, 1.165) is 48.9 Å². The number of alkyl halides is 2. The number of imidazole rings is 1. The van der Waals surface area contributed by atoms with Crippen LogP contribution in [0.2, 0.25) is 0 Å². The summed E-state index contributed by atoms with van der Waals surface area (Å²) in [4.78, 5) is 21.6. The molecule has 0 radical (unpaired) electrons. The lowest BCUT2D eigenvalue weighted by Crippen LogP contribution is -2.24. The molecule has 1 aliphatic rings. The van der Waals surface area contributed by atoms with Crippen LogP contribution in [0.15, 0.2) is 68.0 Å². The van der Waals surface area contributed by atoms with Crippen molar-refractivity contribution in [1.29, 1.82) is 0 Å². The lowest BCUT2D eigenvalue weighted by atomic mass is 10.1. The molecule has 0 bridgehead atoms. The Balaban J connectivity index is 1.33. The molecule has 7 nitrogen and oxygen atoms in total. The zero-order valence-electron chi connectivity index (χ0n) is 22.8. The Bertz CT molecular complexity index is 1810. The Kier molecular flexibility index (Phi) is 6.96. The van der Waals surface area contributed by atoms with Gasteiger partial charge in [0.15, 0.2) is 11.5 Å². The molecule has 208 valence electrons. The van der Waals surface area contributed by atoms with Gasteiger partial charge < -0.3 is 4.98 Å². The molecule has 6 rings (SSSR count). The van der Waals surface area contributed by atoms with Crippen LogP contribution in [0.4, 0.5) is 8.78 Å². The molecular weight excluding hydrogens is 540 g/mol. The van der Waals surface area contributed by atoms with E-state index in [4.69, 9.17) is 9.97 Å². The second-order valence-corrected chi connectivity index (χ2v) is 11.5. The normalized spacial score (nSPS) is 15.6. The lowest BCUT2D eigenvalue weighted by Gasteiger charge is -2.15. The highest BCUT2D eigenvalue weighted by Gasteiger charge is 2.37. The van der Waals surface area contributed by atoms with E-state index in [-0.39, 0.29) is 13.0 Å². The number of aromatic nitrogens is 6. The van der Waals surface area contributed by atoms with Gasteiger partial charge in [0.1, 0.15) is 5.52 Å². The fraction of sp³-hybridized carbons (Fsp3) is 0.226. The number of fused-ring (bicyclic) bond motifs is 1. The van der Waals surface area contributed by atoms with Gasteiger partial charge in [-0.3, -0.25) is 15.0 Å². The molecule has 1 fully saturated rings. The minimum atomic E-state index is -2.63. The third kappa shape index (κ3) is 5.40. The van der Waals surface area contributed by atoms with Crippen LogP contribution in [-0.2, 0) is 6.54 Å². The van der Waals surface area contributed by atoms with Crippen LogP contribution in [0.1, 0.15) is 40.1 Å². The zero-order valence-corrected chi connectivity index (χ0v) is 23.7. The molecule has 6 heterocycles. The topological polar surface area (TPSA) is 86.4 Å². The lowest BCUT2D eigenvalue weighted by molar-refractivity contribution is 0.0115. The monoisotopic (exact) mass is 569 g/mol. The minimum Gasteiger partial charge on any atom is -0.340 e. The SMILES string of the molecule is C=C/C=C(/c1ccc(C(=C)C)s1)c1nc(-c2n[nH]c3ccc(-c4cncc(CN5CCC(F)(F)C5)c4)nc23)[nH]c1C. The Morgan fingerprint density at radius 3 is 2.73 bits per heavy atom. The summed E-state index contributed by atoms with van der Waals surface area (Å²) in [6.45, 7) is 12.5. The van der Waals surface area contributed by atoms with Crippen LogP contribution in [0, 0.1) is 6.92 Å². The Hall–Kier alpha value is -4.28. The number of allylic oxidation sites excluding steroid dienone is 3. The number of pyridine rings is 2. The molecule has 0 atom stereocenters. The van der Waals surface area contributed by atoms with Crippen molar-refractivity contribution in [2.24, 2.45) is 0 Å². The van der Waals surface area contributed by atoms with Gasteiger partial charge in [-0.1, -0.05) is 25.3 Å². The molecule has 10 heteroatoms. The second-order valence-electron chi connectivity index (χ2n) is 10.4. The molecular formula is C31H29F2N7S. The summed E-state index contributed by atoms with van der Waals surface area (Å²) in [5, 5.41) is 7.60. The van der Waals surface area contributed by atoms with E-state index in [9.17, 15) is 8.78 Å². The number of H-pyrrole nitrogens is 2. The van der Waals surface area contributed by atoms with Crippen LogP contribution in [0.3, 0.4) is 0 Å². The molecule has 0 saturated carbocycles. The summed E-state index contributed by atoms with van der Waals surface area (Å²) in [5.41, 5.74) is 8.12. The van der Waals surface area contributed by atoms with Gasteiger partial charge in [0.25, 0.3) is 5.92 Å². The van der Waals surface area contributed by atoms with E-state index in [2.05, 4.69) is 45.5 Å². The molecule has 0 spiro atoms. The van der Waals surface area contributed by atoms with Gasteiger partial charge in [0.05, 0.1) is 23.4 Å². The van der Waals surface area contributed by atoms with Gasteiger partial charge in [-0.25, -0.2) is 18.7 Å². The summed E-state index contributed by atoms with van der Waals surface area (Å²) in [6.07, 6.45) is 7.07. The molecule has 5 aromatic heterocycles. The fourth-order valence-electron chi connectivity index (χ4n) is 5.08. The number of nitrogens with one attached hydrogen (secondary N) is 2. The average molecular weight is 570 g/mol. The van der Waals surface area contributed by atoms with Gasteiger partial charge in [0, 0.05) is 58.5 Å². The van der Waals surface area contributed by atoms with Crippen LogP contribution in [-0.4, -0.2) is 54.0 Å². The maximum absolute atomic E-state index is 13.7. The van der Waals surface area contributed by atoms with Gasteiger partial charge in [0.2, 0.25) is 0 Å². The third-order valence-corrected chi connectivity index (χ3v) is 8.37. The Morgan fingerprint density at radius 1 is 1.17 bits per heavy atom. The fourth-order valence-corrected chi connectivity index (χ4v) is 6.04. The smallest absolute Gasteiger partial charge is 0.261 e. The number of aryl methyl sites for hydroxylation is 1. The summed E-state index contributed by atoms with van der Waals surface area (Å²) < 4.78 is 27.3. The first-order valence-electron chi connectivity index (χ1n) is 13.3. The van der Waals surface area contributed by atoms with E-state index < -0.39 is 5.92 Å². The predicted molar refractivity (Wildman–Crippen MR) is 161 cm³/mol. The second kappa shape index (κ2) is 10.6. The molecule has 0 unspecified atom stereocenters. The van der Waals surface area contributed by atoms with E-state index in [1.165, 1.54) is 0 Å². The third-order valence-electron chi connectivity index (χ3n) is 7.09. The number of rotatable bonds is 8. The first-order valence-corrected chi connectivity index (χ1v) is 14.1. The number of nitrogens with zero attached hydrogens (tertiary/aromatic N) is 5. The maximum atomic E-state index is 13.7. The molecule has 0 aromatic carbocycles. The van der Waals surface area contributed by atoms with Gasteiger partial charge >= 0.3 is 0 Å². The van der Waals surface area contributed by atoms with E-state index in [0.29, 0.717) is 35.8 Å². The molecule has 1 aliphatic heterocycles. The highest BCUT2D eigenvalue weighted by molar-refractivity contribution is 7.14. The number of aromatic amines is 2. The standard InChI is InChI=1S/C31H29F2N7S/c1-5-6-22(26-10-9-25(41-26)18(2)3)27-19(4)35-30(37-27)29-28-24(38-39-29)8-7-23(36-28)21-13-20(14-34-15-21)16-40-12-11-31(32,33)17-40/h5-10,13-15H,1-2,11-12,16-17H2,3-4H3,(H,35,37)(H,38,39)/b22-6-. The molecule has 0 aliphatic carbocycles. The molecule has 2 N–H and O–H groups in total. The van der Waals surface area contributed by atoms with Crippen molar-refractivity contribution in [2.45, 2.75) is 32.7 Å². The van der Waals surface area contributed by atoms with Crippen LogP contribution >= 0.6 is 11.3 Å². The Morgan fingerprint density at radius 2 is 2.00 bits per heavy atom. The van der Waals surface area contributed by atoms with Crippen molar-refractivity contribution in [3.05, 3.63) is 94.7 Å². The number of hydrogen-bond acceptors (Lipinski definition) is 6. The van der Waals surface area contributed by atoms with Crippen molar-refractivity contribution in [3.8, 4) is 22.8 Å². The van der Waals surface area contributed by atoms with Crippen molar-refractivity contribution in [3.63, 3.8) is 0 Å². The predicted octanol–water partition coefficient (Wildman–Crippen LogP) is 7.27. The number of likely N-dealkylation sites (tertiary alicyclic amines) is 1. The summed E-state index contributed by atoms with van der Waals surface area (Å²) in [7, 11) is 0. The quantitative estimate of drug-likeness (QED) is 0.192. The maximum Gasteiger partial charge on any atom is 0.261 e. The van der Waals surface area contributed by atoms with Crippen LogP contribution < -0.4 is 0 Å². The summed E-state index contributed by atoms with van der Waals surface area (Å²) >= 11 is 1.66. The van der Waals surface area contributed by atoms with Crippen LogP contribution in [0.5, 0.6) is 0 Å². The van der Waals surface area contributed by atoms with Crippen molar-refractivity contribution in [2.75, 3.05) is 13.1 Å². The summed E-state index contributed by atoms with van der Waals surface area (Å²) in [6, 6.07) is 9.92. The first-order chi connectivity index (χ1) is 19.7. The van der Waals surface area contributed by atoms with Crippen molar-refractivity contribution >= 4 is 33.5 Å². The number of hydrogen-bond donors (Lipinski definition) is 2. The van der Waals surface area contributed by atoms with E-state index in [1.807, 2.05) is 38.1 Å². The molecule has 5 aromatic rings. The summed E-state index contributed by atoms with van der Waals surface area (Å²) in [5.74, 6) is -2.03. The van der Waals surface area contributed by atoms with Gasteiger partial charge in [-0.05, 0) is 55.3 Å². The molecule has 0 amide bonds. The van der Waals surface area contributed by atoms with E-state index in [1.54, 1.807) is 34.7 Å². The first kappa shape index (κ1) is 26.9. The van der Waals surface area contributed by atoms with Crippen molar-refractivity contribution < 1.29 is 8.78 Å².